The van der Waals surface area contributed by atoms with E-state index in [0.717, 1.165) is 23.4 Å². The molecule has 1 saturated heterocycles. The highest BCUT2D eigenvalue weighted by Crippen LogP contribution is 2.24. The first-order chi connectivity index (χ1) is 11.3. The second-order valence-corrected chi connectivity index (χ2v) is 8.14. The first-order valence-corrected chi connectivity index (χ1v) is 10.2. The van der Waals surface area contributed by atoms with Crippen LogP contribution in [0.3, 0.4) is 0 Å². The molecule has 1 aliphatic heterocycles. The number of nitrogens with zero attached hydrogens (tertiary/aromatic N) is 1. The Labute approximate surface area is 148 Å². The third-order valence-electron chi connectivity index (χ3n) is 3.94. The van der Waals surface area contributed by atoms with E-state index < -0.39 is 16.1 Å². The number of carbonyl (C=O) groups excluding carboxylic acids is 1. The van der Waals surface area contributed by atoms with Gasteiger partial charge in [-0.2, -0.15) is 0 Å². The minimum absolute atomic E-state index is 0.00803. The summed E-state index contributed by atoms with van der Waals surface area (Å²) in [5.74, 6) is -0.326. The predicted octanol–water partition coefficient (Wildman–Crippen LogP) is 2.18. The average molecular weight is 375 g/mol. The molecular formula is C16H23ClN2O4S. The lowest BCUT2D eigenvalue weighted by Crippen LogP contribution is -2.50. The van der Waals surface area contributed by atoms with E-state index in [1.807, 2.05) is 0 Å². The Bertz CT molecular complexity index is 657. The number of sulfonamides is 1. The molecule has 1 aliphatic rings. The van der Waals surface area contributed by atoms with Crippen LogP contribution in [0, 0.1) is 0 Å². The molecule has 1 amide bonds. The lowest BCUT2D eigenvalue weighted by molar-refractivity contribution is -0.122. The molecular weight excluding hydrogens is 352 g/mol. The second kappa shape index (κ2) is 8.18. The van der Waals surface area contributed by atoms with Gasteiger partial charge in [0, 0.05) is 18.2 Å². The number of halogens is 1. The minimum Gasteiger partial charge on any atom is -0.376 e. The van der Waals surface area contributed by atoms with E-state index in [9.17, 15) is 13.2 Å². The molecule has 0 unspecified atom stereocenters. The number of amides is 1. The number of anilines is 1. The molecule has 6 nitrogen and oxygen atoms in total. The van der Waals surface area contributed by atoms with Crippen molar-refractivity contribution in [2.45, 2.75) is 38.3 Å². The molecule has 0 aromatic heterocycles. The fourth-order valence-corrected chi connectivity index (χ4v) is 4.12. The summed E-state index contributed by atoms with van der Waals surface area (Å²) in [5, 5.41) is 3.32. The van der Waals surface area contributed by atoms with Crippen LogP contribution in [-0.4, -0.2) is 45.9 Å². The Morgan fingerprint density at radius 2 is 2.08 bits per heavy atom. The van der Waals surface area contributed by atoms with Crippen molar-refractivity contribution in [3.05, 3.63) is 29.3 Å². The number of nitrogens with one attached hydrogen (secondary N) is 1. The maximum atomic E-state index is 12.6. The summed E-state index contributed by atoms with van der Waals surface area (Å²) >= 11 is 5.87. The lowest BCUT2D eigenvalue weighted by Gasteiger charge is -2.30. The summed E-state index contributed by atoms with van der Waals surface area (Å²) in [6.07, 6.45) is 3.35. The number of benzene rings is 1. The molecule has 0 saturated carbocycles. The van der Waals surface area contributed by atoms with Gasteiger partial charge in [0.25, 0.3) is 0 Å². The van der Waals surface area contributed by atoms with Crippen LogP contribution in [0.1, 0.15) is 26.2 Å². The van der Waals surface area contributed by atoms with E-state index in [1.165, 1.54) is 0 Å². The van der Waals surface area contributed by atoms with Gasteiger partial charge < -0.3 is 10.1 Å². The Balaban J connectivity index is 2.18. The highest BCUT2D eigenvalue weighted by Gasteiger charge is 2.31. The fourth-order valence-electron chi connectivity index (χ4n) is 2.79. The van der Waals surface area contributed by atoms with Crippen LogP contribution in [0.15, 0.2) is 24.3 Å². The van der Waals surface area contributed by atoms with E-state index in [4.69, 9.17) is 16.3 Å². The average Bonchev–Trinajstić information content (AvgIpc) is 3.03. The monoisotopic (exact) mass is 374 g/mol. The van der Waals surface area contributed by atoms with Crippen molar-refractivity contribution in [3.63, 3.8) is 0 Å². The van der Waals surface area contributed by atoms with E-state index in [0.29, 0.717) is 30.3 Å². The van der Waals surface area contributed by atoms with E-state index in [-0.39, 0.29) is 12.0 Å². The van der Waals surface area contributed by atoms with Crippen molar-refractivity contribution < 1.29 is 17.9 Å². The largest absolute Gasteiger partial charge is 0.376 e. The molecule has 0 spiro atoms. The third kappa shape index (κ3) is 4.84. The molecule has 2 rings (SSSR count). The van der Waals surface area contributed by atoms with Crippen molar-refractivity contribution in [3.8, 4) is 0 Å². The smallest absolute Gasteiger partial charge is 0.243 e. The number of rotatable bonds is 7. The molecule has 8 heteroatoms. The van der Waals surface area contributed by atoms with Gasteiger partial charge in [0.15, 0.2) is 0 Å². The van der Waals surface area contributed by atoms with Gasteiger partial charge in [-0.25, -0.2) is 8.42 Å². The minimum atomic E-state index is -3.63. The summed E-state index contributed by atoms with van der Waals surface area (Å²) in [7, 11) is -3.63. The number of carbonyl (C=O) groups is 1. The molecule has 1 fully saturated rings. The Kier molecular flexibility index (Phi) is 6.48. The van der Waals surface area contributed by atoms with Crippen LogP contribution in [0.4, 0.5) is 5.69 Å². The molecule has 1 aromatic rings. The van der Waals surface area contributed by atoms with Gasteiger partial charge in [-0.05, 0) is 43.5 Å². The standard InChI is InChI=1S/C16H23ClN2O4S/c1-3-15(16(20)18-11-14-5-4-10-23-14)19(24(2,21)22)13-8-6-12(17)7-9-13/h6-9,14-15H,3-5,10-11H2,1-2H3,(H,18,20)/t14-,15-/m1/s1. The highest BCUT2D eigenvalue weighted by atomic mass is 35.5. The third-order valence-corrected chi connectivity index (χ3v) is 5.37. The lowest BCUT2D eigenvalue weighted by atomic mass is 10.1. The number of ether oxygens (including phenoxy) is 1. The van der Waals surface area contributed by atoms with Crippen LogP contribution in [0.25, 0.3) is 0 Å². The fraction of sp³-hybridized carbons (Fsp3) is 0.562. The van der Waals surface area contributed by atoms with Gasteiger partial charge in [0.05, 0.1) is 18.0 Å². The Morgan fingerprint density at radius 1 is 1.42 bits per heavy atom. The highest BCUT2D eigenvalue weighted by molar-refractivity contribution is 7.92. The van der Waals surface area contributed by atoms with Crippen molar-refractivity contribution in [2.75, 3.05) is 23.7 Å². The zero-order valence-corrected chi connectivity index (χ0v) is 15.4. The van der Waals surface area contributed by atoms with Crippen LogP contribution in [-0.2, 0) is 19.6 Å². The second-order valence-electron chi connectivity index (χ2n) is 5.84. The number of hydrogen-bond donors (Lipinski definition) is 1. The summed E-state index contributed by atoms with van der Waals surface area (Å²) in [6, 6.07) is 5.58. The summed E-state index contributed by atoms with van der Waals surface area (Å²) in [6.45, 7) is 2.88. The molecule has 2 atom stereocenters. The topological polar surface area (TPSA) is 75.7 Å². The molecule has 1 aromatic carbocycles. The summed E-state index contributed by atoms with van der Waals surface area (Å²) in [5.41, 5.74) is 0.418. The van der Waals surface area contributed by atoms with Gasteiger partial charge in [0.2, 0.25) is 15.9 Å². The maximum absolute atomic E-state index is 12.6. The zero-order chi connectivity index (χ0) is 17.7. The Hall–Kier alpha value is -1.31. The molecule has 1 heterocycles. The van der Waals surface area contributed by atoms with Gasteiger partial charge in [0.1, 0.15) is 6.04 Å². The van der Waals surface area contributed by atoms with Gasteiger partial charge in [-0.1, -0.05) is 18.5 Å². The van der Waals surface area contributed by atoms with Crippen molar-refractivity contribution in [1.82, 2.24) is 5.32 Å². The van der Waals surface area contributed by atoms with E-state index in [2.05, 4.69) is 5.32 Å². The van der Waals surface area contributed by atoms with Gasteiger partial charge in [-0.3, -0.25) is 9.10 Å². The van der Waals surface area contributed by atoms with E-state index >= 15 is 0 Å². The first-order valence-electron chi connectivity index (χ1n) is 7.97. The van der Waals surface area contributed by atoms with Crippen LogP contribution >= 0.6 is 11.6 Å². The summed E-state index contributed by atoms with van der Waals surface area (Å²) in [4.78, 5) is 12.6. The SMILES string of the molecule is CC[C@H](C(=O)NC[C@H]1CCCO1)N(c1ccc(Cl)cc1)S(C)(=O)=O. The van der Waals surface area contributed by atoms with E-state index in [1.54, 1.807) is 31.2 Å². The Morgan fingerprint density at radius 3 is 2.58 bits per heavy atom. The van der Waals surface area contributed by atoms with Crippen LogP contribution < -0.4 is 9.62 Å². The summed E-state index contributed by atoms with van der Waals surface area (Å²) < 4.78 is 31.2. The quantitative estimate of drug-likeness (QED) is 0.793. The van der Waals surface area contributed by atoms with Gasteiger partial charge in [-0.15, -0.1) is 0 Å². The molecule has 134 valence electrons. The molecule has 0 radical (unpaired) electrons. The molecule has 24 heavy (non-hydrogen) atoms. The maximum Gasteiger partial charge on any atom is 0.243 e. The molecule has 0 aliphatic carbocycles. The van der Waals surface area contributed by atoms with Gasteiger partial charge >= 0.3 is 0 Å². The van der Waals surface area contributed by atoms with Crippen LogP contribution in [0.5, 0.6) is 0 Å². The van der Waals surface area contributed by atoms with Crippen molar-refractivity contribution in [1.29, 1.82) is 0 Å². The first kappa shape index (κ1) is 19.0. The van der Waals surface area contributed by atoms with Crippen molar-refractivity contribution >= 4 is 33.2 Å². The van der Waals surface area contributed by atoms with Crippen molar-refractivity contribution in [2.24, 2.45) is 0 Å². The predicted molar refractivity (Wildman–Crippen MR) is 94.8 cm³/mol. The normalized spacial score (nSPS) is 19.0. The van der Waals surface area contributed by atoms with Crippen LogP contribution in [0.2, 0.25) is 5.02 Å². The molecule has 0 bridgehead atoms. The molecule has 1 N–H and O–H groups in total. The zero-order valence-electron chi connectivity index (χ0n) is 13.9. The number of hydrogen-bond acceptors (Lipinski definition) is 4.